The highest BCUT2D eigenvalue weighted by atomic mass is 35.5. The Kier molecular flexibility index (Phi) is 6.38. The molecule has 0 bridgehead atoms. The number of carbonyl (C=O) groups is 1. The molecule has 126 valence electrons. The zero-order chi connectivity index (χ0) is 17.5. The Labute approximate surface area is 147 Å². The highest BCUT2D eigenvalue weighted by molar-refractivity contribution is 6.30. The van der Waals surface area contributed by atoms with Crippen LogP contribution in [0.2, 0.25) is 5.02 Å². The minimum Gasteiger partial charge on any atom is -0.481 e. The van der Waals surface area contributed by atoms with Crippen LogP contribution in [0.4, 0.5) is 0 Å². The van der Waals surface area contributed by atoms with Gasteiger partial charge in [0.25, 0.3) is 5.91 Å². The van der Waals surface area contributed by atoms with E-state index in [2.05, 4.69) is 10.5 Å². The first-order valence-corrected chi connectivity index (χ1v) is 8.23. The zero-order valence-electron chi connectivity index (χ0n) is 14.0. The van der Waals surface area contributed by atoms with Gasteiger partial charge in [0.2, 0.25) is 0 Å². The number of nitrogens with one attached hydrogen (secondary N) is 1. The van der Waals surface area contributed by atoms with Gasteiger partial charge in [0.15, 0.2) is 6.10 Å². The third kappa shape index (κ3) is 4.83. The molecule has 1 N–H and O–H groups in total. The van der Waals surface area contributed by atoms with Gasteiger partial charge in [0.05, 0.1) is 5.71 Å². The van der Waals surface area contributed by atoms with Gasteiger partial charge in [-0.15, -0.1) is 0 Å². The predicted octanol–water partition coefficient (Wildman–Crippen LogP) is 4.35. The van der Waals surface area contributed by atoms with Gasteiger partial charge in [0.1, 0.15) is 5.75 Å². The van der Waals surface area contributed by atoms with E-state index in [4.69, 9.17) is 16.3 Å². The van der Waals surface area contributed by atoms with Gasteiger partial charge >= 0.3 is 0 Å². The monoisotopic (exact) mass is 344 g/mol. The van der Waals surface area contributed by atoms with Crippen molar-refractivity contribution in [1.29, 1.82) is 0 Å². The van der Waals surface area contributed by atoms with Gasteiger partial charge in [-0.2, -0.15) is 5.10 Å². The average molecular weight is 345 g/mol. The summed E-state index contributed by atoms with van der Waals surface area (Å²) in [6.45, 7) is 5.57. The quantitative estimate of drug-likeness (QED) is 0.625. The van der Waals surface area contributed by atoms with Crippen LogP contribution >= 0.6 is 11.6 Å². The van der Waals surface area contributed by atoms with Crippen molar-refractivity contribution < 1.29 is 9.53 Å². The number of rotatable bonds is 6. The largest absolute Gasteiger partial charge is 0.481 e. The Morgan fingerprint density at radius 2 is 1.96 bits per heavy atom. The molecule has 0 radical (unpaired) electrons. The number of carbonyl (C=O) groups excluding carboxylic acids is 1. The topological polar surface area (TPSA) is 50.7 Å². The smallest absolute Gasteiger partial charge is 0.280 e. The molecule has 0 saturated carbocycles. The summed E-state index contributed by atoms with van der Waals surface area (Å²) in [5.74, 6) is 0.330. The van der Waals surface area contributed by atoms with Gasteiger partial charge < -0.3 is 4.74 Å². The number of amides is 1. The summed E-state index contributed by atoms with van der Waals surface area (Å²) >= 11 is 5.92. The van der Waals surface area contributed by atoms with Crippen molar-refractivity contribution in [3.8, 4) is 5.75 Å². The zero-order valence-corrected chi connectivity index (χ0v) is 14.8. The molecule has 0 aliphatic heterocycles. The second kappa shape index (κ2) is 8.50. The van der Waals surface area contributed by atoms with Crippen molar-refractivity contribution >= 4 is 23.2 Å². The van der Waals surface area contributed by atoms with E-state index in [1.807, 2.05) is 44.2 Å². The second-order valence-corrected chi connectivity index (χ2v) is 5.86. The Morgan fingerprint density at radius 1 is 1.25 bits per heavy atom. The fourth-order valence-corrected chi connectivity index (χ4v) is 2.41. The van der Waals surface area contributed by atoms with Gasteiger partial charge in [-0.3, -0.25) is 4.79 Å². The van der Waals surface area contributed by atoms with Crippen LogP contribution in [-0.2, 0) is 4.79 Å². The highest BCUT2D eigenvalue weighted by Crippen LogP contribution is 2.22. The normalized spacial score (nSPS) is 12.6. The molecule has 1 amide bonds. The first kappa shape index (κ1) is 18.0. The molecule has 0 spiro atoms. The number of ether oxygens (including phenoxy) is 1. The van der Waals surface area contributed by atoms with Crippen LogP contribution in [0.1, 0.15) is 31.4 Å². The third-order valence-electron chi connectivity index (χ3n) is 3.55. The van der Waals surface area contributed by atoms with Crippen molar-refractivity contribution in [1.82, 2.24) is 5.43 Å². The van der Waals surface area contributed by atoms with Crippen molar-refractivity contribution in [3.05, 3.63) is 64.7 Å². The molecule has 0 aromatic heterocycles. The molecule has 0 fully saturated rings. The number of hydrogen-bond donors (Lipinski definition) is 1. The van der Waals surface area contributed by atoms with Crippen molar-refractivity contribution in [2.75, 3.05) is 0 Å². The van der Waals surface area contributed by atoms with Gasteiger partial charge in [0, 0.05) is 5.02 Å². The molecule has 1 atom stereocenters. The molecular formula is C19H21ClN2O2. The first-order chi connectivity index (χ1) is 11.5. The second-order valence-electron chi connectivity index (χ2n) is 5.42. The summed E-state index contributed by atoms with van der Waals surface area (Å²) < 4.78 is 5.69. The summed E-state index contributed by atoms with van der Waals surface area (Å²) in [6, 6.07) is 15.0. The molecule has 0 saturated heterocycles. The highest BCUT2D eigenvalue weighted by Gasteiger charge is 2.15. The van der Waals surface area contributed by atoms with Crippen molar-refractivity contribution in [2.45, 2.75) is 33.3 Å². The molecule has 0 aliphatic carbocycles. The Balaban J connectivity index is 2.01. The Hall–Kier alpha value is -2.33. The molecule has 1 unspecified atom stereocenters. The van der Waals surface area contributed by atoms with Crippen molar-refractivity contribution in [2.24, 2.45) is 5.10 Å². The Morgan fingerprint density at radius 3 is 2.58 bits per heavy atom. The fraction of sp³-hybridized carbons (Fsp3) is 0.263. The van der Waals surface area contributed by atoms with E-state index in [9.17, 15) is 4.79 Å². The van der Waals surface area contributed by atoms with Crippen LogP contribution in [0.3, 0.4) is 0 Å². The van der Waals surface area contributed by atoms with Crippen LogP contribution in [0.15, 0.2) is 53.6 Å². The number of hydrazone groups is 1. The number of aryl methyl sites for hydroxylation is 1. The lowest BCUT2D eigenvalue weighted by atomic mass is 10.1. The molecule has 0 aliphatic rings. The summed E-state index contributed by atoms with van der Waals surface area (Å²) in [6.07, 6.45) is 0.0537. The molecule has 5 heteroatoms. The maximum Gasteiger partial charge on any atom is 0.280 e. The Bertz CT molecular complexity index is 729. The first-order valence-electron chi connectivity index (χ1n) is 7.86. The average Bonchev–Trinajstić information content (AvgIpc) is 2.58. The molecule has 2 aromatic carbocycles. The predicted molar refractivity (Wildman–Crippen MR) is 97.7 cm³/mol. The summed E-state index contributed by atoms with van der Waals surface area (Å²) in [5.41, 5.74) is 5.27. The van der Waals surface area contributed by atoms with Gasteiger partial charge in [-0.05, 0) is 49.6 Å². The SMILES string of the molecule is CCC(=NNC(=O)C(C)Oc1ccc(Cl)cc1C)c1ccccc1. The minimum absolute atomic E-state index is 0.300. The molecular weight excluding hydrogens is 324 g/mol. The third-order valence-corrected chi connectivity index (χ3v) is 3.79. The van der Waals surface area contributed by atoms with E-state index >= 15 is 0 Å². The molecule has 0 heterocycles. The van der Waals surface area contributed by atoms with Crippen LogP contribution in [0.5, 0.6) is 5.75 Å². The van der Waals surface area contributed by atoms with E-state index < -0.39 is 6.10 Å². The lowest BCUT2D eigenvalue weighted by molar-refractivity contribution is -0.127. The lowest BCUT2D eigenvalue weighted by Gasteiger charge is -2.15. The van der Waals surface area contributed by atoms with Crippen LogP contribution in [-0.4, -0.2) is 17.7 Å². The van der Waals surface area contributed by atoms with Crippen LogP contribution < -0.4 is 10.2 Å². The molecule has 2 aromatic rings. The van der Waals surface area contributed by atoms with Crippen molar-refractivity contribution in [3.63, 3.8) is 0 Å². The van der Waals surface area contributed by atoms with E-state index in [1.165, 1.54) is 0 Å². The molecule has 24 heavy (non-hydrogen) atoms. The maximum absolute atomic E-state index is 12.2. The fourth-order valence-electron chi connectivity index (χ4n) is 2.18. The van der Waals surface area contributed by atoms with Gasteiger partial charge in [-0.25, -0.2) is 5.43 Å². The molecule has 2 rings (SSSR count). The van der Waals surface area contributed by atoms with E-state index in [1.54, 1.807) is 25.1 Å². The summed E-state index contributed by atoms with van der Waals surface area (Å²) in [5, 5.41) is 4.86. The minimum atomic E-state index is -0.664. The molecule has 4 nitrogen and oxygen atoms in total. The number of halogens is 1. The van der Waals surface area contributed by atoms with E-state index in [0.29, 0.717) is 10.8 Å². The van der Waals surface area contributed by atoms with Gasteiger partial charge in [-0.1, -0.05) is 48.9 Å². The number of nitrogens with zero attached hydrogens (tertiary/aromatic N) is 1. The number of hydrogen-bond acceptors (Lipinski definition) is 3. The van der Waals surface area contributed by atoms with E-state index in [-0.39, 0.29) is 5.91 Å². The number of benzene rings is 2. The summed E-state index contributed by atoms with van der Waals surface area (Å²) in [4.78, 5) is 12.2. The van der Waals surface area contributed by atoms with Crippen LogP contribution in [0.25, 0.3) is 0 Å². The standard InChI is InChI=1S/C19H21ClN2O2/c1-4-17(15-8-6-5-7-9-15)21-22-19(23)14(3)24-18-11-10-16(20)12-13(18)2/h5-12,14H,4H2,1-3H3,(H,22,23). The maximum atomic E-state index is 12.2. The van der Waals surface area contributed by atoms with E-state index in [0.717, 1.165) is 23.3 Å². The summed E-state index contributed by atoms with van der Waals surface area (Å²) in [7, 11) is 0. The lowest BCUT2D eigenvalue weighted by Crippen LogP contribution is -2.34. The van der Waals surface area contributed by atoms with Crippen LogP contribution in [0, 0.1) is 6.92 Å².